The first kappa shape index (κ1) is 12.0. The maximum absolute atomic E-state index is 11.8. The van der Waals surface area contributed by atoms with Gasteiger partial charge in [-0.2, -0.15) is 0 Å². The Morgan fingerprint density at radius 2 is 2.20 bits per heavy atom. The third-order valence-electron chi connectivity index (χ3n) is 2.82. The molecule has 5 heteroatoms. The minimum absolute atomic E-state index is 0.0922. The Morgan fingerprint density at radius 1 is 1.53 bits per heavy atom. The molecule has 5 nitrogen and oxygen atoms in total. The van der Waals surface area contributed by atoms with Crippen LogP contribution in [0.5, 0.6) is 0 Å². The van der Waals surface area contributed by atoms with Crippen molar-refractivity contribution >= 4 is 11.9 Å². The van der Waals surface area contributed by atoms with E-state index in [0.717, 1.165) is 13.0 Å². The molecule has 0 radical (unpaired) electrons. The molecule has 1 aliphatic rings. The molecule has 0 aromatic carbocycles. The second-order valence-corrected chi connectivity index (χ2v) is 4.21. The lowest BCUT2D eigenvalue weighted by Crippen LogP contribution is -2.47. The molecule has 0 saturated carbocycles. The number of rotatable bonds is 3. The molecule has 0 aliphatic carbocycles. The SMILES string of the molecule is COC(=O)[C@@H](C)NC(=O)C1(C)CCNC1. The highest BCUT2D eigenvalue weighted by atomic mass is 16.5. The number of ether oxygens (including phenoxy) is 1. The van der Waals surface area contributed by atoms with Gasteiger partial charge in [-0.3, -0.25) is 4.79 Å². The van der Waals surface area contributed by atoms with Gasteiger partial charge in [0.25, 0.3) is 0 Å². The maximum atomic E-state index is 11.8. The van der Waals surface area contributed by atoms with Crippen molar-refractivity contribution in [3.05, 3.63) is 0 Å². The third kappa shape index (κ3) is 2.68. The van der Waals surface area contributed by atoms with Crippen molar-refractivity contribution in [1.29, 1.82) is 0 Å². The van der Waals surface area contributed by atoms with Gasteiger partial charge in [0.2, 0.25) is 5.91 Å². The third-order valence-corrected chi connectivity index (χ3v) is 2.82. The van der Waals surface area contributed by atoms with E-state index in [0.29, 0.717) is 6.54 Å². The van der Waals surface area contributed by atoms with Crippen LogP contribution in [0.1, 0.15) is 20.3 Å². The van der Waals surface area contributed by atoms with E-state index in [1.807, 2.05) is 6.92 Å². The Bertz CT molecular complexity index is 259. The summed E-state index contributed by atoms with van der Waals surface area (Å²) in [5, 5.41) is 5.79. The van der Waals surface area contributed by atoms with Crippen LogP contribution in [0, 0.1) is 5.41 Å². The molecule has 1 rings (SSSR count). The largest absolute Gasteiger partial charge is 0.467 e. The standard InChI is InChI=1S/C10H18N2O3/c1-7(8(13)15-3)12-9(14)10(2)4-5-11-6-10/h7,11H,4-6H2,1-3H3,(H,12,14)/t7-,10?/m1/s1. The molecular weight excluding hydrogens is 196 g/mol. The molecule has 1 amide bonds. The van der Waals surface area contributed by atoms with Crippen LogP contribution in [0.15, 0.2) is 0 Å². The second-order valence-electron chi connectivity index (χ2n) is 4.21. The summed E-state index contributed by atoms with van der Waals surface area (Å²) < 4.78 is 4.54. The summed E-state index contributed by atoms with van der Waals surface area (Å²) in [6.45, 7) is 5.02. The number of carbonyl (C=O) groups is 2. The van der Waals surface area contributed by atoms with E-state index in [-0.39, 0.29) is 5.91 Å². The molecule has 1 fully saturated rings. The number of esters is 1. The van der Waals surface area contributed by atoms with Crippen molar-refractivity contribution < 1.29 is 14.3 Å². The van der Waals surface area contributed by atoms with Gasteiger partial charge in [0, 0.05) is 6.54 Å². The van der Waals surface area contributed by atoms with Crippen molar-refractivity contribution in [1.82, 2.24) is 10.6 Å². The van der Waals surface area contributed by atoms with Gasteiger partial charge in [0.1, 0.15) is 6.04 Å². The predicted molar refractivity (Wildman–Crippen MR) is 55.2 cm³/mol. The molecule has 15 heavy (non-hydrogen) atoms. The van der Waals surface area contributed by atoms with Crippen LogP contribution in [0.3, 0.4) is 0 Å². The van der Waals surface area contributed by atoms with E-state index in [1.54, 1.807) is 6.92 Å². The van der Waals surface area contributed by atoms with Gasteiger partial charge in [0.05, 0.1) is 12.5 Å². The Kier molecular flexibility index (Phi) is 3.68. The lowest BCUT2D eigenvalue weighted by molar-refractivity contribution is -0.145. The topological polar surface area (TPSA) is 67.4 Å². The van der Waals surface area contributed by atoms with E-state index in [2.05, 4.69) is 15.4 Å². The Balaban J connectivity index is 2.51. The fourth-order valence-electron chi connectivity index (χ4n) is 1.62. The Morgan fingerprint density at radius 3 is 2.67 bits per heavy atom. The van der Waals surface area contributed by atoms with Gasteiger partial charge in [-0.25, -0.2) is 4.79 Å². The fraction of sp³-hybridized carbons (Fsp3) is 0.800. The average molecular weight is 214 g/mol. The number of carbonyl (C=O) groups excluding carboxylic acids is 2. The molecule has 0 aromatic rings. The molecule has 0 aromatic heterocycles. The highest BCUT2D eigenvalue weighted by molar-refractivity contribution is 5.87. The van der Waals surface area contributed by atoms with Crippen molar-refractivity contribution in [2.24, 2.45) is 5.41 Å². The number of amides is 1. The minimum Gasteiger partial charge on any atom is -0.467 e. The van der Waals surface area contributed by atoms with Crippen LogP contribution >= 0.6 is 0 Å². The van der Waals surface area contributed by atoms with E-state index in [4.69, 9.17) is 0 Å². The predicted octanol–water partition coefficient (Wildman–Crippen LogP) is -0.336. The molecule has 1 unspecified atom stereocenters. The summed E-state index contributed by atoms with van der Waals surface area (Å²) in [6.07, 6.45) is 0.798. The lowest BCUT2D eigenvalue weighted by atomic mass is 9.88. The van der Waals surface area contributed by atoms with Gasteiger partial charge < -0.3 is 15.4 Å². The van der Waals surface area contributed by atoms with Crippen LogP contribution in [-0.2, 0) is 14.3 Å². The van der Waals surface area contributed by atoms with Gasteiger partial charge in [-0.15, -0.1) is 0 Å². The summed E-state index contributed by atoms with van der Waals surface area (Å²) in [7, 11) is 1.31. The number of nitrogens with one attached hydrogen (secondary N) is 2. The van der Waals surface area contributed by atoms with Gasteiger partial charge >= 0.3 is 5.97 Å². The van der Waals surface area contributed by atoms with E-state index >= 15 is 0 Å². The number of hydrogen-bond acceptors (Lipinski definition) is 4. The summed E-state index contributed by atoms with van der Waals surface area (Å²) in [4.78, 5) is 23.0. The Hall–Kier alpha value is -1.10. The number of methoxy groups -OCH3 is 1. The summed E-state index contributed by atoms with van der Waals surface area (Å²) in [5.74, 6) is -0.511. The van der Waals surface area contributed by atoms with Gasteiger partial charge in [-0.05, 0) is 26.8 Å². The van der Waals surface area contributed by atoms with E-state index in [9.17, 15) is 9.59 Å². The molecular formula is C10H18N2O3. The monoisotopic (exact) mass is 214 g/mol. The molecule has 1 heterocycles. The first-order valence-electron chi connectivity index (χ1n) is 5.09. The van der Waals surface area contributed by atoms with Gasteiger partial charge in [-0.1, -0.05) is 0 Å². The lowest BCUT2D eigenvalue weighted by Gasteiger charge is -2.23. The zero-order valence-corrected chi connectivity index (χ0v) is 9.42. The van der Waals surface area contributed by atoms with Crippen LogP contribution < -0.4 is 10.6 Å². The summed E-state index contributed by atoms with van der Waals surface area (Å²) in [5.41, 5.74) is -0.401. The molecule has 2 atom stereocenters. The molecule has 0 spiro atoms. The highest BCUT2D eigenvalue weighted by Gasteiger charge is 2.37. The number of hydrogen-bond donors (Lipinski definition) is 2. The normalized spacial score (nSPS) is 27.1. The minimum atomic E-state index is -0.583. The van der Waals surface area contributed by atoms with Crippen molar-refractivity contribution in [2.45, 2.75) is 26.3 Å². The van der Waals surface area contributed by atoms with Crippen molar-refractivity contribution in [3.8, 4) is 0 Å². The molecule has 0 bridgehead atoms. The highest BCUT2D eigenvalue weighted by Crippen LogP contribution is 2.24. The maximum Gasteiger partial charge on any atom is 0.328 e. The van der Waals surface area contributed by atoms with Crippen molar-refractivity contribution in [3.63, 3.8) is 0 Å². The smallest absolute Gasteiger partial charge is 0.328 e. The van der Waals surface area contributed by atoms with Crippen molar-refractivity contribution in [2.75, 3.05) is 20.2 Å². The summed E-state index contributed by atoms with van der Waals surface area (Å²) >= 11 is 0. The average Bonchev–Trinajstić information content (AvgIpc) is 2.65. The second kappa shape index (κ2) is 4.61. The van der Waals surface area contributed by atoms with Crippen LogP contribution in [0.2, 0.25) is 0 Å². The van der Waals surface area contributed by atoms with Crippen LogP contribution in [0.25, 0.3) is 0 Å². The quantitative estimate of drug-likeness (QED) is 0.631. The Labute approximate surface area is 89.6 Å². The van der Waals surface area contributed by atoms with Gasteiger partial charge in [0.15, 0.2) is 0 Å². The first-order valence-corrected chi connectivity index (χ1v) is 5.09. The van der Waals surface area contributed by atoms with Crippen LogP contribution in [0.4, 0.5) is 0 Å². The molecule has 86 valence electrons. The van der Waals surface area contributed by atoms with Crippen LogP contribution in [-0.4, -0.2) is 38.1 Å². The molecule has 2 N–H and O–H groups in total. The summed E-state index contributed by atoms with van der Waals surface area (Å²) in [6, 6.07) is -0.583. The zero-order valence-electron chi connectivity index (χ0n) is 9.42. The fourth-order valence-corrected chi connectivity index (χ4v) is 1.62. The molecule has 1 saturated heterocycles. The van der Waals surface area contributed by atoms with E-state index < -0.39 is 17.4 Å². The first-order chi connectivity index (χ1) is 6.99. The van der Waals surface area contributed by atoms with E-state index in [1.165, 1.54) is 7.11 Å². The zero-order chi connectivity index (χ0) is 11.5. The molecule has 1 aliphatic heterocycles.